The Hall–Kier alpha value is -1.70. The highest BCUT2D eigenvalue weighted by atomic mass is 14.6. The first kappa shape index (κ1) is 13.7. The fraction of sp³-hybridized carbons (Fsp3) is 0.412. The number of hydrogen-bond donors (Lipinski definition) is 2. The minimum atomic E-state index is 0.768. The zero-order valence-electron chi connectivity index (χ0n) is 11.8. The molecule has 0 amide bonds. The highest BCUT2D eigenvalue weighted by molar-refractivity contribution is 6.01. The van der Waals surface area contributed by atoms with E-state index in [9.17, 15) is 0 Å². The maximum atomic E-state index is 6.13. The summed E-state index contributed by atoms with van der Waals surface area (Å²) >= 11 is 0. The van der Waals surface area contributed by atoms with Gasteiger partial charge in [0, 0.05) is 16.8 Å². The van der Waals surface area contributed by atoms with Gasteiger partial charge in [0.2, 0.25) is 0 Å². The lowest BCUT2D eigenvalue weighted by molar-refractivity contribution is 0.632. The number of hydrogen-bond acceptors (Lipinski definition) is 2. The van der Waals surface area contributed by atoms with E-state index in [-0.39, 0.29) is 0 Å². The van der Waals surface area contributed by atoms with Crippen LogP contribution in [-0.4, -0.2) is 0 Å². The maximum Gasteiger partial charge on any atom is 0.0417 e. The largest absolute Gasteiger partial charge is 0.398 e. The van der Waals surface area contributed by atoms with Gasteiger partial charge in [0.25, 0.3) is 0 Å². The Morgan fingerprint density at radius 3 is 2.47 bits per heavy atom. The molecule has 0 heterocycles. The second-order valence-corrected chi connectivity index (χ2v) is 5.29. The Morgan fingerprint density at radius 1 is 0.895 bits per heavy atom. The van der Waals surface area contributed by atoms with Crippen molar-refractivity contribution in [2.75, 3.05) is 11.5 Å². The average molecular weight is 256 g/mol. The zero-order valence-corrected chi connectivity index (χ0v) is 11.8. The molecule has 2 nitrogen and oxygen atoms in total. The molecule has 2 rings (SSSR count). The molecule has 19 heavy (non-hydrogen) atoms. The van der Waals surface area contributed by atoms with Gasteiger partial charge in [-0.15, -0.1) is 0 Å². The molecule has 0 aromatic heterocycles. The number of nitrogen functional groups attached to an aromatic ring is 2. The van der Waals surface area contributed by atoms with Crippen molar-refractivity contribution in [1.29, 1.82) is 0 Å². The summed E-state index contributed by atoms with van der Waals surface area (Å²) in [4.78, 5) is 0. The molecule has 0 aliphatic heterocycles. The number of fused-ring (bicyclic) bond motifs is 1. The lowest BCUT2D eigenvalue weighted by Crippen LogP contribution is -1.95. The molecule has 102 valence electrons. The SMILES string of the molecule is CCCCCCCc1cc(N)c2c(N)cccc2c1. The Balaban J connectivity index is 2.09. The van der Waals surface area contributed by atoms with E-state index in [1.165, 1.54) is 37.7 Å². The van der Waals surface area contributed by atoms with Crippen LogP contribution >= 0.6 is 0 Å². The van der Waals surface area contributed by atoms with Crippen LogP contribution in [0.1, 0.15) is 44.6 Å². The molecule has 4 N–H and O–H groups in total. The predicted molar refractivity (Wildman–Crippen MR) is 85.2 cm³/mol. The van der Waals surface area contributed by atoms with Gasteiger partial charge in [-0.2, -0.15) is 0 Å². The predicted octanol–water partition coefficient (Wildman–Crippen LogP) is 4.52. The van der Waals surface area contributed by atoms with Crippen molar-refractivity contribution >= 4 is 22.1 Å². The van der Waals surface area contributed by atoms with E-state index in [0.29, 0.717) is 0 Å². The fourth-order valence-electron chi connectivity index (χ4n) is 2.63. The van der Waals surface area contributed by atoms with Crippen LogP contribution in [-0.2, 0) is 6.42 Å². The number of unbranched alkanes of at least 4 members (excludes halogenated alkanes) is 4. The van der Waals surface area contributed by atoms with Gasteiger partial charge in [-0.1, -0.05) is 50.8 Å². The summed E-state index contributed by atoms with van der Waals surface area (Å²) in [5.41, 5.74) is 15.0. The molecule has 2 aromatic rings. The highest BCUT2D eigenvalue weighted by Gasteiger charge is 2.04. The van der Waals surface area contributed by atoms with Crippen LogP contribution < -0.4 is 11.5 Å². The molecule has 0 bridgehead atoms. The number of benzene rings is 2. The molecule has 0 saturated carbocycles. The van der Waals surface area contributed by atoms with E-state index < -0.39 is 0 Å². The second-order valence-electron chi connectivity index (χ2n) is 5.29. The monoisotopic (exact) mass is 256 g/mol. The van der Waals surface area contributed by atoms with Gasteiger partial charge in [0.1, 0.15) is 0 Å². The Labute approximate surface area is 115 Å². The molecule has 0 radical (unpaired) electrons. The molecule has 0 fully saturated rings. The molecular weight excluding hydrogens is 232 g/mol. The normalized spacial score (nSPS) is 11.0. The van der Waals surface area contributed by atoms with Gasteiger partial charge >= 0.3 is 0 Å². The fourth-order valence-corrected chi connectivity index (χ4v) is 2.63. The zero-order chi connectivity index (χ0) is 13.7. The van der Waals surface area contributed by atoms with Crippen LogP contribution in [0.25, 0.3) is 10.8 Å². The molecular formula is C17H24N2. The second kappa shape index (κ2) is 6.46. The van der Waals surface area contributed by atoms with Crippen molar-refractivity contribution in [2.45, 2.75) is 45.4 Å². The first-order chi connectivity index (χ1) is 9.22. The molecule has 0 spiro atoms. The smallest absolute Gasteiger partial charge is 0.0417 e. The quantitative estimate of drug-likeness (QED) is 0.590. The van der Waals surface area contributed by atoms with E-state index in [2.05, 4.69) is 25.1 Å². The third kappa shape index (κ3) is 3.40. The van der Waals surface area contributed by atoms with Gasteiger partial charge in [-0.3, -0.25) is 0 Å². The van der Waals surface area contributed by atoms with Crippen LogP contribution in [0, 0.1) is 0 Å². The summed E-state index contributed by atoms with van der Waals surface area (Å²) in [6.07, 6.45) is 7.64. The van der Waals surface area contributed by atoms with Crippen molar-refractivity contribution in [3.8, 4) is 0 Å². The van der Waals surface area contributed by atoms with Crippen molar-refractivity contribution < 1.29 is 0 Å². The number of nitrogens with two attached hydrogens (primary N) is 2. The topological polar surface area (TPSA) is 52.0 Å². The van der Waals surface area contributed by atoms with Gasteiger partial charge in [0.05, 0.1) is 0 Å². The van der Waals surface area contributed by atoms with E-state index in [1.54, 1.807) is 0 Å². The van der Waals surface area contributed by atoms with E-state index in [1.807, 2.05) is 12.1 Å². The standard InChI is InChI=1S/C17H24N2/c1-2-3-4-5-6-8-13-11-14-9-7-10-15(18)17(14)16(19)12-13/h7,9-12H,2-6,8,18-19H2,1H3. The van der Waals surface area contributed by atoms with Crippen LogP contribution in [0.2, 0.25) is 0 Å². The van der Waals surface area contributed by atoms with Crippen LogP contribution in [0.5, 0.6) is 0 Å². The van der Waals surface area contributed by atoms with Crippen molar-refractivity contribution in [3.05, 3.63) is 35.9 Å². The van der Waals surface area contributed by atoms with Crippen molar-refractivity contribution in [1.82, 2.24) is 0 Å². The number of anilines is 2. The summed E-state index contributed by atoms with van der Waals surface area (Å²) in [5.74, 6) is 0. The number of rotatable bonds is 6. The molecule has 0 saturated heterocycles. The third-order valence-electron chi connectivity index (χ3n) is 3.67. The highest BCUT2D eigenvalue weighted by Crippen LogP contribution is 2.29. The molecule has 0 unspecified atom stereocenters. The summed E-state index contributed by atoms with van der Waals surface area (Å²) in [6, 6.07) is 10.3. The van der Waals surface area contributed by atoms with E-state index in [0.717, 1.165) is 28.6 Å². The first-order valence-electron chi connectivity index (χ1n) is 7.29. The van der Waals surface area contributed by atoms with E-state index >= 15 is 0 Å². The Kier molecular flexibility index (Phi) is 4.67. The first-order valence-corrected chi connectivity index (χ1v) is 7.29. The lowest BCUT2D eigenvalue weighted by atomic mass is 9.99. The molecule has 2 aromatic carbocycles. The minimum Gasteiger partial charge on any atom is -0.398 e. The third-order valence-corrected chi connectivity index (χ3v) is 3.67. The van der Waals surface area contributed by atoms with Crippen LogP contribution in [0.4, 0.5) is 11.4 Å². The summed E-state index contributed by atoms with van der Waals surface area (Å²) in [5, 5.41) is 2.15. The van der Waals surface area contributed by atoms with Gasteiger partial charge in [-0.25, -0.2) is 0 Å². The lowest BCUT2D eigenvalue weighted by Gasteiger charge is -2.09. The summed E-state index contributed by atoms with van der Waals surface area (Å²) < 4.78 is 0. The maximum absolute atomic E-state index is 6.13. The molecule has 0 atom stereocenters. The van der Waals surface area contributed by atoms with E-state index in [4.69, 9.17) is 11.5 Å². The summed E-state index contributed by atoms with van der Waals surface area (Å²) in [7, 11) is 0. The van der Waals surface area contributed by atoms with Crippen molar-refractivity contribution in [2.24, 2.45) is 0 Å². The van der Waals surface area contributed by atoms with Crippen LogP contribution in [0.3, 0.4) is 0 Å². The molecule has 2 heteroatoms. The minimum absolute atomic E-state index is 0.768. The Morgan fingerprint density at radius 2 is 1.68 bits per heavy atom. The number of aryl methyl sites for hydroxylation is 1. The molecule has 0 aliphatic rings. The van der Waals surface area contributed by atoms with Gasteiger partial charge in [-0.05, 0) is 35.9 Å². The van der Waals surface area contributed by atoms with Gasteiger partial charge in [0.15, 0.2) is 0 Å². The van der Waals surface area contributed by atoms with Crippen LogP contribution in [0.15, 0.2) is 30.3 Å². The van der Waals surface area contributed by atoms with Gasteiger partial charge < -0.3 is 11.5 Å². The average Bonchev–Trinajstić information content (AvgIpc) is 2.38. The summed E-state index contributed by atoms with van der Waals surface area (Å²) in [6.45, 7) is 2.24. The Bertz CT molecular complexity index is 546. The molecule has 0 aliphatic carbocycles. The van der Waals surface area contributed by atoms with Crippen molar-refractivity contribution in [3.63, 3.8) is 0 Å².